The van der Waals surface area contributed by atoms with E-state index in [2.05, 4.69) is 30.8 Å². The van der Waals surface area contributed by atoms with Crippen molar-refractivity contribution in [3.8, 4) is 0 Å². The van der Waals surface area contributed by atoms with Gasteiger partial charge >= 0.3 is 11.9 Å². The van der Waals surface area contributed by atoms with Gasteiger partial charge in [-0.2, -0.15) is 20.1 Å². The summed E-state index contributed by atoms with van der Waals surface area (Å²) in [6, 6.07) is 2.62. The number of hydrazone groups is 1. The van der Waals surface area contributed by atoms with E-state index >= 15 is 0 Å². The fourth-order valence-electron chi connectivity index (χ4n) is 2.19. The highest BCUT2D eigenvalue weighted by molar-refractivity contribution is 5.76. The first kappa shape index (κ1) is 21.5. The van der Waals surface area contributed by atoms with Crippen molar-refractivity contribution >= 4 is 35.9 Å². The third kappa shape index (κ3) is 7.78. The van der Waals surface area contributed by atoms with E-state index in [4.69, 9.17) is 14.9 Å². The number of nitrogen functional groups attached to an aromatic ring is 1. The van der Waals surface area contributed by atoms with Gasteiger partial charge in [0.2, 0.25) is 17.8 Å². The lowest BCUT2D eigenvalue weighted by Gasteiger charge is -2.07. The van der Waals surface area contributed by atoms with Crippen LogP contribution >= 0.6 is 0 Å². The van der Waals surface area contributed by atoms with Crippen LogP contribution in [0.15, 0.2) is 21.7 Å². The Morgan fingerprint density at radius 3 is 2.83 bits per heavy atom. The molecule has 0 bridgehead atoms. The molecule has 0 aliphatic heterocycles. The van der Waals surface area contributed by atoms with Crippen LogP contribution in [-0.2, 0) is 9.53 Å². The summed E-state index contributed by atoms with van der Waals surface area (Å²) in [6.07, 6.45) is 4.04. The minimum atomic E-state index is -0.647. The average molecular weight is 406 g/mol. The number of anilines is 3. The maximum atomic E-state index is 11.2. The van der Waals surface area contributed by atoms with Gasteiger partial charge in [-0.05, 0) is 25.8 Å². The molecule has 0 spiro atoms. The number of aromatic nitrogens is 3. The van der Waals surface area contributed by atoms with Gasteiger partial charge in [-0.1, -0.05) is 6.42 Å². The molecule has 0 saturated carbocycles. The molecule has 4 N–H and O–H groups in total. The second kappa shape index (κ2) is 11.2. The third-order valence-corrected chi connectivity index (χ3v) is 3.45. The number of rotatable bonds is 12. The number of nitrogens with one attached hydrogen (secondary N) is 2. The monoisotopic (exact) mass is 406 g/mol. The number of esters is 1. The lowest BCUT2D eigenvalue weighted by molar-refractivity contribution is -0.402. The molecule has 0 atom stereocenters. The number of nitro groups is 1. The van der Waals surface area contributed by atoms with Crippen LogP contribution in [0.25, 0.3) is 0 Å². The lowest BCUT2D eigenvalue weighted by Crippen LogP contribution is -2.10. The van der Waals surface area contributed by atoms with Crippen molar-refractivity contribution in [3.05, 3.63) is 28.0 Å². The maximum absolute atomic E-state index is 11.2. The summed E-state index contributed by atoms with van der Waals surface area (Å²) in [6.45, 7) is 2.76. The van der Waals surface area contributed by atoms with Crippen LogP contribution in [0.5, 0.6) is 0 Å². The number of nitrogens with two attached hydrogens (primary N) is 1. The van der Waals surface area contributed by atoms with Crippen molar-refractivity contribution in [2.45, 2.75) is 32.6 Å². The first-order valence-corrected chi connectivity index (χ1v) is 8.92. The second-order valence-electron chi connectivity index (χ2n) is 5.69. The van der Waals surface area contributed by atoms with E-state index in [1.807, 2.05) is 0 Å². The van der Waals surface area contributed by atoms with Crippen LogP contribution in [0.4, 0.5) is 23.7 Å². The van der Waals surface area contributed by atoms with Crippen LogP contribution in [0.3, 0.4) is 0 Å². The van der Waals surface area contributed by atoms with Gasteiger partial charge < -0.3 is 20.2 Å². The third-order valence-electron chi connectivity index (χ3n) is 3.45. The Morgan fingerprint density at radius 1 is 1.31 bits per heavy atom. The summed E-state index contributed by atoms with van der Waals surface area (Å²) in [5.41, 5.74) is 8.21. The fraction of sp³-hybridized carbons (Fsp3) is 0.438. The van der Waals surface area contributed by atoms with Crippen molar-refractivity contribution in [1.82, 2.24) is 15.0 Å². The normalized spacial score (nSPS) is 10.8. The first-order chi connectivity index (χ1) is 14.0. The van der Waals surface area contributed by atoms with E-state index in [9.17, 15) is 14.9 Å². The van der Waals surface area contributed by atoms with E-state index in [1.165, 1.54) is 18.3 Å². The van der Waals surface area contributed by atoms with Crippen LogP contribution in [0, 0.1) is 10.1 Å². The van der Waals surface area contributed by atoms with Crippen molar-refractivity contribution in [3.63, 3.8) is 0 Å². The second-order valence-corrected chi connectivity index (χ2v) is 5.69. The predicted molar refractivity (Wildman–Crippen MR) is 104 cm³/mol. The van der Waals surface area contributed by atoms with E-state index in [0.29, 0.717) is 19.6 Å². The Labute approximate surface area is 165 Å². The molecule has 13 heteroatoms. The van der Waals surface area contributed by atoms with E-state index in [1.54, 1.807) is 6.92 Å². The summed E-state index contributed by atoms with van der Waals surface area (Å²) in [7, 11) is 0. The highest BCUT2D eigenvalue weighted by Crippen LogP contribution is 2.14. The quantitative estimate of drug-likeness (QED) is 0.154. The number of nitrogens with zero attached hydrogens (tertiary/aromatic N) is 5. The smallest absolute Gasteiger partial charge is 0.433 e. The van der Waals surface area contributed by atoms with Gasteiger partial charge in [-0.3, -0.25) is 14.9 Å². The Bertz CT molecular complexity index is 854. The van der Waals surface area contributed by atoms with Gasteiger partial charge in [-0.25, -0.2) is 5.43 Å². The molecule has 2 heterocycles. The van der Waals surface area contributed by atoms with Gasteiger partial charge in [0.15, 0.2) is 5.76 Å². The van der Waals surface area contributed by atoms with E-state index < -0.39 is 4.92 Å². The predicted octanol–water partition coefficient (Wildman–Crippen LogP) is 1.94. The minimum absolute atomic E-state index is 0.00357. The molecule has 0 aliphatic carbocycles. The lowest BCUT2D eigenvalue weighted by atomic mass is 10.2. The molecular weight excluding hydrogens is 384 g/mol. The molecule has 0 aromatic carbocycles. The van der Waals surface area contributed by atoms with Crippen LogP contribution in [-0.4, -0.2) is 45.2 Å². The molecule has 29 heavy (non-hydrogen) atoms. The van der Waals surface area contributed by atoms with Gasteiger partial charge in [0.05, 0.1) is 18.9 Å². The highest BCUT2D eigenvalue weighted by atomic mass is 16.6. The molecule has 13 nitrogen and oxygen atoms in total. The fourth-order valence-corrected chi connectivity index (χ4v) is 2.19. The van der Waals surface area contributed by atoms with E-state index in [0.717, 1.165) is 19.3 Å². The molecule has 2 aromatic rings. The summed E-state index contributed by atoms with van der Waals surface area (Å²) in [5.74, 6) is -0.0203. The van der Waals surface area contributed by atoms with Gasteiger partial charge in [0.25, 0.3) is 0 Å². The molecule has 0 saturated heterocycles. The number of unbranched alkanes of at least 4 members (excludes halogenated alkanes) is 2. The SMILES string of the molecule is CCOC(=O)CCCCCNc1nc(N)nc(N/N=C/c2ccc([N+](=O)[O-])o2)n1. The maximum Gasteiger partial charge on any atom is 0.433 e. The van der Waals surface area contributed by atoms with Crippen molar-refractivity contribution in [2.24, 2.45) is 5.10 Å². The Hall–Kier alpha value is -3.77. The number of carbonyl (C=O) groups is 1. The van der Waals surface area contributed by atoms with Crippen molar-refractivity contribution < 1.29 is 18.9 Å². The molecule has 2 aromatic heterocycles. The van der Waals surface area contributed by atoms with Gasteiger partial charge in [0.1, 0.15) is 4.92 Å². The highest BCUT2D eigenvalue weighted by Gasteiger charge is 2.10. The summed E-state index contributed by atoms with van der Waals surface area (Å²) < 4.78 is 9.80. The van der Waals surface area contributed by atoms with Crippen LogP contribution < -0.4 is 16.5 Å². The van der Waals surface area contributed by atoms with Crippen LogP contribution in [0.1, 0.15) is 38.4 Å². The topological polar surface area (TPSA) is 184 Å². The zero-order valence-corrected chi connectivity index (χ0v) is 15.8. The molecular formula is C16H22N8O5. The number of furan rings is 1. The first-order valence-electron chi connectivity index (χ1n) is 8.92. The van der Waals surface area contributed by atoms with Crippen molar-refractivity contribution in [2.75, 3.05) is 29.6 Å². The van der Waals surface area contributed by atoms with Gasteiger partial charge in [0, 0.05) is 13.0 Å². The Morgan fingerprint density at radius 2 is 2.10 bits per heavy atom. The van der Waals surface area contributed by atoms with E-state index in [-0.39, 0.29) is 35.5 Å². The molecule has 0 amide bonds. The summed E-state index contributed by atoms with van der Waals surface area (Å²) in [4.78, 5) is 33.2. The molecule has 0 radical (unpaired) electrons. The molecule has 0 unspecified atom stereocenters. The summed E-state index contributed by atoms with van der Waals surface area (Å²) >= 11 is 0. The standard InChI is InChI=1S/C16H22N8O5/c1-2-28-13(25)6-4-3-5-9-18-15-20-14(17)21-16(22-15)23-19-10-11-7-8-12(29-11)24(26)27/h7-8,10H,2-6,9H2,1H3,(H4,17,18,20,21,22,23)/b19-10+. The largest absolute Gasteiger partial charge is 0.466 e. The molecule has 0 aliphatic rings. The zero-order chi connectivity index (χ0) is 21.1. The number of hydrogen-bond acceptors (Lipinski definition) is 12. The van der Waals surface area contributed by atoms with Crippen LogP contribution in [0.2, 0.25) is 0 Å². The Balaban J connectivity index is 1.77. The summed E-state index contributed by atoms with van der Waals surface area (Å²) in [5, 5.41) is 17.4. The zero-order valence-electron chi connectivity index (χ0n) is 15.8. The molecule has 156 valence electrons. The van der Waals surface area contributed by atoms with Crippen molar-refractivity contribution in [1.29, 1.82) is 0 Å². The average Bonchev–Trinajstić information content (AvgIpc) is 3.14. The van der Waals surface area contributed by atoms with Gasteiger partial charge in [-0.15, -0.1) is 0 Å². The number of carbonyl (C=O) groups excluding carboxylic acids is 1. The number of hydrogen-bond donors (Lipinski definition) is 3. The number of ether oxygens (including phenoxy) is 1. The Kier molecular flexibility index (Phi) is 8.28. The minimum Gasteiger partial charge on any atom is -0.466 e. The molecule has 0 fully saturated rings. The molecule has 2 rings (SSSR count).